The molecule has 0 amide bonds. The second-order valence-electron chi connectivity index (χ2n) is 2.79. The molecule has 0 heterocycles. The van der Waals surface area contributed by atoms with Gasteiger partial charge in [-0.15, -0.1) is 0 Å². The van der Waals surface area contributed by atoms with Gasteiger partial charge in [-0.1, -0.05) is 24.3 Å². The SMILES string of the molecule is C=CCOc1ccc([N+](=O)[O-])c(C=O)c1Cl. The number of aldehydes is 1. The van der Waals surface area contributed by atoms with Crippen molar-refractivity contribution in [2.75, 3.05) is 6.61 Å². The molecular formula is C10H8ClNO4. The standard InChI is InChI=1S/C10H8ClNO4/c1-2-5-16-9-4-3-8(12(14)15)7(6-13)10(9)11/h2-4,6H,1,5H2. The fourth-order valence-electron chi connectivity index (χ4n) is 1.09. The van der Waals surface area contributed by atoms with Crippen molar-refractivity contribution < 1.29 is 14.5 Å². The van der Waals surface area contributed by atoms with E-state index in [2.05, 4.69) is 6.58 Å². The van der Waals surface area contributed by atoms with Crippen LogP contribution in [0.5, 0.6) is 5.75 Å². The number of ether oxygens (including phenoxy) is 1. The van der Waals surface area contributed by atoms with Crippen LogP contribution in [0.4, 0.5) is 5.69 Å². The second-order valence-corrected chi connectivity index (χ2v) is 3.16. The van der Waals surface area contributed by atoms with E-state index in [4.69, 9.17) is 16.3 Å². The third-order valence-electron chi connectivity index (χ3n) is 1.79. The molecule has 0 unspecified atom stereocenters. The van der Waals surface area contributed by atoms with Crippen LogP contribution in [0.2, 0.25) is 5.02 Å². The van der Waals surface area contributed by atoms with Gasteiger partial charge >= 0.3 is 0 Å². The molecular weight excluding hydrogens is 234 g/mol. The third kappa shape index (κ3) is 2.38. The van der Waals surface area contributed by atoms with Crippen molar-refractivity contribution in [3.05, 3.63) is 45.5 Å². The smallest absolute Gasteiger partial charge is 0.281 e. The first-order chi connectivity index (χ1) is 7.61. The molecule has 0 aliphatic heterocycles. The lowest BCUT2D eigenvalue weighted by atomic mass is 10.2. The molecule has 0 aliphatic carbocycles. The van der Waals surface area contributed by atoms with Gasteiger partial charge in [0.15, 0.2) is 6.29 Å². The van der Waals surface area contributed by atoms with Crippen molar-refractivity contribution in [3.8, 4) is 5.75 Å². The van der Waals surface area contributed by atoms with Crippen LogP contribution in [-0.4, -0.2) is 17.8 Å². The summed E-state index contributed by atoms with van der Waals surface area (Å²) in [6.07, 6.45) is 1.83. The van der Waals surface area contributed by atoms with Crippen LogP contribution in [0.15, 0.2) is 24.8 Å². The molecule has 5 nitrogen and oxygen atoms in total. The Balaban J connectivity index is 3.22. The zero-order valence-electron chi connectivity index (χ0n) is 8.18. The number of benzene rings is 1. The Morgan fingerprint density at radius 2 is 2.25 bits per heavy atom. The minimum absolute atomic E-state index is 0.0638. The fourth-order valence-corrected chi connectivity index (χ4v) is 1.35. The van der Waals surface area contributed by atoms with Gasteiger partial charge < -0.3 is 4.74 Å². The summed E-state index contributed by atoms with van der Waals surface area (Å²) in [5.41, 5.74) is -0.529. The van der Waals surface area contributed by atoms with Crippen LogP contribution in [-0.2, 0) is 0 Å². The van der Waals surface area contributed by atoms with E-state index in [1.165, 1.54) is 18.2 Å². The molecule has 1 aromatic rings. The molecule has 0 bridgehead atoms. The molecule has 0 saturated carbocycles. The summed E-state index contributed by atoms with van der Waals surface area (Å²) in [5, 5.41) is 10.5. The van der Waals surface area contributed by atoms with E-state index in [0.717, 1.165) is 0 Å². The summed E-state index contributed by atoms with van der Waals surface area (Å²) in [6.45, 7) is 3.65. The third-order valence-corrected chi connectivity index (χ3v) is 2.18. The van der Waals surface area contributed by atoms with Crippen molar-refractivity contribution in [3.63, 3.8) is 0 Å². The maximum atomic E-state index is 10.7. The lowest BCUT2D eigenvalue weighted by Crippen LogP contribution is -1.99. The van der Waals surface area contributed by atoms with E-state index in [9.17, 15) is 14.9 Å². The first kappa shape index (κ1) is 12.2. The lowest BCUT2D eigenvalue weighted by molar-refractivity contribution is -0.385. The van der Waals surface area contributed by atoms with Crippen molar-refractivity contribution in [1.82, 2.24) is 0 Å². The van der Waals surface area contributed by atoms with E-state index in [1.807, 2.05) is 0 Å². The summed E-state index contributed by atoms with van der Waals surface area (Å²) >= 11 is 5.80. The maximum absolute atomic E-state index is 10.7. The topological polar surface area (TPSA) is 69.4 Å². The summed E-state index contributed by atoms with van der Waals surface area (Å²) in [6, 6.07) is 2.52. The number of carbonyl (C=O) groups excluding carboxylic acids is 1. The van der Waals surface area contributed by atoms with E-state index in [-0.39, 0.29) is 28.6 Å². The Kier molecular flexibility index (Phi) is 4.02. The second kappa shape index (κ2) is 5.27. The molecule has 16 heavy (non-hydrogen) atoms. The zero-order valence-corrected chi connectivity index (χ0v) is 8.94. The predicted octanol–water partition coefficient (Wildman–Crippen LogP) is 2.63. The molecule has 1 aromatic carbocycles. The number of carbonyl (C=O) groups is 1. The van der Waals surface area contributed by atoms with E-state index < -0.39 is 4.92 Å². The molecule has 0 spiro atoms. The molecule has 0 N–H and O–H groups in total. The van der Waals surface area contributed by atoms with Gasteiger partial charge in [0.05, 0.1) is 4.92 Å². The summed E-state index contributed by atoms with van der Waals surface area (Å²) in [4.78, 5) is 20.6. The van der Waals surface area contributed by atoms with Crippen LogP contribution in [0, 0.1) is 10.1 Å². The highest BCUT2D eigenvalue weighted by Crippen LogP contribution is 2.33. The van der Waals surface area contributed by atoms with Crippen molar-refractivity contribution in [1.29, 1.82) is 0 Å². The number of hydrogen-bond acceptors (Lipinski definition) is 4. The van der Waals surface area contributed by atoms with E-state index in [1.54, 1.807) is 0 Å². The highest BCUT2D eigenvalue weighted by molar-refractivity contribution is 6.34. The first-order valence-electron chi connectivity index (χ1n) is 4.27. The zero-order chi connectivity index (χ0) is 12.1. The van der Waals surface area contributed by atoms with Gasteiger partial charge in [-0.2, -0.15) is 0 Å². The average Bonchev–Trinajstić information content (AvgIpc) is 2.26. The largest absolute Gasteiger partial charge is 0.488 e. The van der Waals surface area contributed by atoms with Gasteiger partial charge in [0.1, 0.15) is 22.9 Å². The van der Waals surface area contributed by atoms with Gasteiger partial charge in [0.25, 0.3) is 5.69 Å². The molecule has 0 fully saturated rings. The van der Waals surface area contributed by atoms with Crippen LogP contribution < -0.4 is 4.74 Å². The van der Waals surface area contributed by atoms with Gasteiger partial charge in [-0.25, -0.2) is 0 Å². The summed E-state index contributed by atoms with van der Waals surface area (Å²) < 4.78 is 5.13. The number of nitro benzene ring substituents is 1. The fraction of sp³-hybridized carbons (Fsp3) is 0.100. The number of rotatable bonds is 5. The molecule has 0 saturated heterocycles. The molecule has 0 radical (unpaired) electrons. The van der Waals surface area contributed by atoms with Gasteiger partial charge in [0, 0.05) is 6.07 Å². The van der Waals surface area contributed by atoms with Crippen molar-refractivity contribution in [2.24, 2.45) is 0 Å². The lowest BCUT2D eigenvalue weighted by Gasteiger charge is -2.07. The monoisotopic (exact) mass is 241 g/mol. The molecule has 0 atom stereocenters. The Morgan fingerprint density at radius 3 is 2.75 bits per heavy atom. The van der Waals surface area contributed by atoms with E-state index in [0.29, 0.717) is 6.29 Å². The van der Waals surface area contributed by atoms with Crippen molar-refractivity contribution in [2.45, 2.75) is 0 Å². The highest BCUT2D eigenvalue weighted by atomic mass is 35.5. The summed E-state index contributed by atoms with van der Waals surface area (Å²) in [7, 11) is 0. The van der Waals surface area contributed by atoms with Crippen LogP contribution in [0.1, 0.15) is 10.4 Å². The quantitative estimate of drug-likeness (QED) is 0.344. The van der Waals surface area contributed by atoms with E-state index >= 15 is 0 Å². The number of halogens is 1. The Bertz CT molecular complexity index is 445. The molecule has 0 aliphatic rings. The highest BCUT2D eigenvalue weighted by Gasteiger charge is 2.19. The molecule has 1 rings (SSSR count). The van der Waals surface area contributed by atoms with Gasteiger partial charge in [-0.3, -0.25) is 14.9 Å². The van der Waals surface area contributed by atoms with Gasteiger partial charge in [-0.05, 0) is 6.07 Å². The Hall–Kier alpha value is -1.88. The minimum Gasteiger partial charge on any atom is -0.488 e. The van der Waals surface area contributed by atoms with Gasteiger partial charge in [0.2, 0.25) is 0 Å². The normalized spacial score (nSPS) is 9.56. The minimum atomic E-state index is -0.674. The molecule has 0 aromatic heterocycles. The predicted molar refractivity (Wildman–Crippen MR) is 59.2 cm³/mol. The number of nitro groups is 1. The molecule has 84 valence electrons. The van der Waals surface area contributed by atoms with Crippen molar-refractivity contribution >= 4 is 23.6 Å². The maximum Gasteiger partial charge on any atom is 0.281 e. The average molecular weight is 242 g/mol. The molecule has 6 heteroatoms. The Labute approximate surface area is 96.4 Å². The van der Waals surface area contributed by atoms with Crippen LogP contribution in [0.25, 0.3) is 0 Å². The van der Waals surface area contributed by atoms with Crippen LogP contribution in [0.3, 0.4) is 0 Å². The number of nitrogens with zero attached hydrogens (tertiary/aromatic N) is 1. The summed E-state index contributed by atoms with van der Waals surface area (Å²) in [5.74, 6) is 0.217. The number of hydrogen-bond donors (Lipinski definition) is 0. The Morgan fingerprint density at radius 1 is 1.56 bits per heavy atom. The first-order valence-corrected chi connectivity index (χ1v) is 4.65. The van der Waals surface area contributed by atoms with Crippen LogP contribution >= 0.6 is 11.6 Å².